The van der Waals surface area contributed by atoms with Crippen LogP contribution in [0, 0.1) is 0 Å². The van der Waals surface area contributed by atoms with Crippen molar-refractivity contribution in [3.8, 4) is 11.4 Å². The molecule has 0 spiro atoms. The first-order valence-corrected chi connectivity index (χ1v) is 8.93. The Balaban J connectivity index is 1.71. The van der Waals surface area contributed by atoms with Crippen LogP contribution in [0.4, 0.5) is 0 Å². The molecule has 0 atom stereocenters. The van der Waals surface area contributed by atoms with Crippen molar-refractivity contribution in [1.29, 1.82) is 0 Å². The molecule has 0 unspecified atom stereocenters. The van der Waals surface area contributed by atoms with Gasteiger partial charge in [-0.05, 0) is 48.0 Å². The number of nitrogens with zero attached hydrogens (tertiary/aromatic N) is 2. The number of hydrogen-bond acceptors (Lipinski definition) is 2. The van der Waals surface area contributed by atoms with E-state index in [4.69, 9.17) is 32.9 Å². The number of aliphatic imine (C=N–C) groups is 1. The smallest absolute Gasteiger partial charge is 0.122 e. The summed E-state index contributed by atoms with van der Waals surface area (Å²) < 4.78 is 7.72. The van der Waals surface area contributed by atoms with Crippen LogP contribution < -0.4 is 4.74 Å². The zero-order valence-corrected chi connectivity index (χ0v) is 14.8. The monoisotopic (exact) mass is 368 g/mol. The van der Waals surface area contributed by atoms with E-state index in [1.54, 1.807) is 6.07 Å². The number of fused-ring (bicyclic) bond motifs is 4. The standard InChI is InChI=1S/C20H14Cl2N2O/c21-15-9-14-11-23-19(13-3-4-18-12(8-13)5-7-25-18)17-2-1-6-24(17)20(14)16(22)10-15/h1-4,6,8-10H,5,7,11H2. The van der Waals surface area contributed by atoms with Crippen molar-refractivity contribution in [3.05, 3.63) is 81.1 Å². The van der Waals surface area contributed by atoms with Crippen molar-refractivity contribution >= 4 is 28.9 Å². The average molecular weight is 369 g/mol. The molecule has 0 radical (unpaired) electrons. The third-order valence-corrected chi connectivity index (χ3v) is 5.22. The molecular formula is C20H14Cl2N2O. The van der Waals surface area contributed by atoms with Crippen molar-refractivity contribution in [2.45, 2.75) is 13.0 Å². The minimum atomic E-state index is 0.542. The van der Waals surface area contributed by atoms with Gasteiger partial charge in [-0.2, -0.15) is 0 Å². The molecule has 2 aromatic carbocycles. The highest BCUT2D eigenvalue weighted by Gasteiger charge is 2.22. The summed E-state index contributed by atoms with van der Waals surface area (Å²) in [6.45, 7) is 1.29. The molecule has 25 heavy (non-hydrogen) atoms. The molecule has 0 aliphatic carbocycles. The van der Waals surface area contributed by atoms with Crippen LogP contribution in [0.25, 0.3) is 5.69 Å². The van der Waals surface area contributed by atoms with Gasteiger partial charge >= 0.3 is 0 Å². The van der Waals surface area contributed by atoms with Gasteiger partial charge in [-0.25, -0.2) is 0 Å². The lowest BCUT2D eigenvalue weighted by molar-refractivity contribution is 0.357. The van der Waals surface area contributed by atoms with Gasteiger partial charge in [-0.15, -0.1) is 0 Å². The Labute approximate surface area is 155 Å². The summed E-state index contributed by atoms with van der Waals surface area (Å²) in [6.07, 6.45) is 2.96. The largest absolute Gasteiger partial charge is 0.493 e. The van der Waals surface area contributed by atoms with Crippen LogP contribution in [0.15, 0.2) is 53.7 Å². The van der Waals surface area contributed by atoms with E-state index in [1.165, 1.54) is 5.56 Å². The Hall–Kier alpha value is -2.23. The summed E-state index contributed by atoms with van der Waals surface area (Å²) in [5.74, 6) is 0.978. The second kappa shape index (κ2) is 5.65. The van der Waals surface area contributed by atoms with E-state index >= 15 is 0 Å². The van der Waals surface area contributed by atoms with Gasteiger partial charge < -0.3 is 9.30 Å². The van der Waals surface area contributed by atoms with Gasteiger partial charge in [0.2, 0.25) is 0 Å². The Morgan fingerprint density at radius 3 is 2.88 bits per heavy atom. The van der Waals surface area contributed by atoms with E-state index in [1.807, 2.05) is 24.4 Å². The number of rotatable bonds is 1. The predicted octanol–water partition coefficient (Wildman–Crippen LogP) is 5.07. The number of benzene rings is 2. The molecule has 124 valence electrons. The number of aromatic nitrogens is 1. The molecule has 0 fully saturated rings. The van der Waals surface area contributed by atoms with Crippen molar-refractivity contribution < 1.29 is 4.74 Å². The molecule has 5 heteroatoms. The fraction of sp³-hybridized carbons (Fsp3) is 0.150. The number of ether oxygens (including phenoxy) is 1. The highest BCUT2D eigenvalue weighted by atomic mass is 35.5. The maximum Gasteiger partial charge on any atom is 0.122 e. The number of halogens is 2. The fourth-order valence-electron chi connectivity index (χ4n) is 3.60. The van der Waals surface area contributed by atoms with Crippen LogP contribution in [0.5, 0.6) is 5.75 Å². The summed E-state index contributed by atoms with van der Waals surface area (Å²) in [4.78, 5) is 4.89. The van der Waals surface area contributed by atoms with Gasteiger partial charge in [0.15, 0.2) is 0 Å². The van der Waals surface area contributed by atoms with Gasteiger partial charge in [0.05, 0.1) is 35.3 Å². The van der Waals surface area contributed by atoms with Crippen molar-refractivity contribution in [3.63, 3.8) is 0 Å². The SMILES string of the molecule is Clc1cc(Cl)c2c(c1)CN=C(c1ccc3c(c1)CCO3)c1cccn1-2. The van der Waals surface area contributed by atoms with Crippen LogP contribution in [-0.2, 0) is 13.0 Å². The van der Waals surface area contributed by atoms with Gasteiger partial charge in [-0.3, -0.25) is 4.99 Å². The third-order valence-electron chi connectivity index (χ3n) is 4.71. The maximum atomic E-state index is 6.50. The zero-order valence-electron chi connectivity index (χ0n) is 13.3. The van der Waals surface area contributed by atoms with E-state index in [0.717, 1.165) is 47.0 Å². The molecule has 0 bridgehead atoms. The Bertz CT molecular complexity index is 1040. The normalized spacial score (nSPS) is 14.9. The summed E-state index contributed by atoms with van der Waals surface area (Å²) in [5.41, 5.74) is 6.30. The molecular weight excluding hydrogens is 355 g/mol. The third kappa shape index (κ3) is 2.38. The van der Waals surface area contributed by atoms with Crippen LogP contribution in [0.1, 0.15) is 22.4 Å². The molecule has 1 aromatic heterocycles. The van der Waals surface area contributed by atoms with E-state index < -0.39 is 0 Å². The van der Waals surface area contributed by atoms with Crippen LogP contribution in [0.3, 0.4) is 0 Å². The Morgan fingerprint density at radius 2 is 1.96 bits per heavy atom. The average Bonchev–Trinajstić information content (AvgIpc) is 3.21. The van der Waals surface area contributed by atoms with Gasteiger partial charge in [0.1, 0.15) is 5.75 Å². The molecule has 5 rings (SSSR count). The molecule has 3 aromatic rings. The molecule has 3 nitrogen and oxygen atoms in total. The minimum absolute atomic E-state index is 0.542. The van der Waals surface area contributed by atoms with Gasteiger partial charge in [-0.1, -0.05) is 23.2 Å². The minimum Gasteiger partial charge on any atom is -0.493 e. The lowest BCUT2D eigenvalue weighted by Crippen LogP contribution is -2.09. The Kier molecular flexibility index (Phi) is 3.40. The van der Waals surface area contributed by atoms with E-state index in [0.29, 0.717) is 16.6 Å². The molecule has 0 saturated carbocycles. The second-order valence-electron chi connectivity index (χ2n) is 6.24. The topological polar surface area (TPSA) is 26.5 Å². The molecule has 2 aliphatic heterocycles. The second-order valence-corrected chi connectivity index (χ2v) is 7.09. The zero-order chi connectivity index (χ0) is 17.0. The summed E-state index contributed by atoms with van der Waals surface area (Å²) in [5, 5.41) is 1.27. The highest BCUT2D eigenvalue weighted by Crippen LogP contribution is 2.34. The van der Waals surface area contributed by atoms with Crippen LogP contribution in [0.2, 0.25) is 10.0 Å². The van der Waals surface area contributed by atoms with Crippen molar-refractivity contribution in [1.82, 2.24) is 4.57 Å². The Morgan fingerprint density at radius 1 is 1.04 bits per heavy atom. The summed E-state index contributed by atoms with van der Waals surface area (Å²) in [6, 6.07) is 14.1. The fourth-order valence-corrected chi connectivity index (χ4v) is 4.22. The van der Waals surface area contributed by atoms with Crippen LogP contribution in [-0.4, -0.2) is 16.9 Å². The first-order valence-electron chi connectivity index (χ1n) is 8.17. The molecule has 2 aliphatic rings. The van der Waals surface area contributed by atoms with E-state index in [2.05, 4.69) is 22.8 Å². The summed E-state index contributed by atoms with van der Waals surface area (Å²) in [7, 11) is 0. The van der Waals surface area contributed by atoms with Crippen molar-refractivity contribution in [2.24, 2.45) is 4.99 Å². The lowest BCUT2D eigenvalue weighted by atomic mass is 10.0. The van der Waals surface area contributed by atoms with Gasteiger partial charge in [0.25, 0.3) is 0 Å². The molecule has 0 saturated heterocycles. The first kappa shape index (κ1) is 15.1. The van der Waals surface area contributed by atoms with Gasteiger partial charge in [0, 0.05) is 28.8 Å². The van der Waals surface area contributed by atoms with Crippen LogP contribution >= 0.6 is 23.2 Å². The number of hydrogen-bond donors (Lipinski definition) is 0. The highest BCUT2D eigenvalue weighted by molar-refractivity contribution is 6.36. The van der Waals surface area contributed by atoms with E-state index in [-0.39, 0.29) is 0 Å². The van der Waals surface area contributed by atoms with Crippen molar-refractivity contribution in [2.75, 3.05) is 6.61 Å². The molecule has 0 amide bonds. The molecule has 0 N–H and O–H groups in total. The maximum absolute atomic E-state index is 6.50. The summed E-state index contributed by atoms with van der Waals surface area (Å²) >= 11 is 12.7. The first-order chi connectivity index (χ1) is 12.2. The quantitative estimate of drug-likeness (QED) is 0.588. The molecule has 3 heterocycles. The lowest BCUT2D eigenvalue weighted by Gasteiger charge is -2.13. The predicted molar refractivity (Wildman–Crippen MR) is 101 cm³/mol. The van der Waals surface area contributed by atoms with E-state index in [9.17, 15) is 0 Å².